The third-order valence-electron chi connectivity index (χ3n) is 4.72. The quantitative estimate of drug-likeness (QED) is 0.612. The zero-order valence-corrected chi connectivity index (χ0v) is 14.3. The molecule has 3 heteroatoms. The van der Waals surface area contributed by atoms with E-state index >= 15 is 0 Å². The largest absolute Gasteiger partial charge is 0.394 e. The number of rotatable bonds is 11. The van der Waals surface area contributed by atoms with Crippen LogP contribution in [-0.4, -0.2) is 46.8 Å². The predicted octanol–water partition coefficient (Wildman–Crippen LogP) is 3.17. The molecule has 0 bridgehead atoms. The van der Waals surface area contributed by atoms with E-state index in [2.05, 4.69) is 44.8 Å². The van der Waals surface area contributed by atoms with Crippen LogP contribution in [0, 0.1) is 0 Å². The molecule has 3 atom stereocenters. The van der Waals surface area contributed by atoms with Crippen LogP contribution in [0.15, 0.2) is 0 Å². The zero-order valence-electron chi connectivity index (χ0n) is 14.3. The van der Waals surface area contributed by atoms with Gasteiger partial charge in [-0.25, -0.2) is 0 Å². The molecular weight excluding hydrogens is 248 g/mol. The molecule has 0 spiro atoms. The van der Waals surface area contributed by atoms with Crippen LogP contribution in [0.5, 0.6) is 0 Å². The van der Waals surface area contributed by atoms with Crippen molar-refractivity contribution in [1.29, 1.82) is 0 Å². The molecular formula is C17H36N2O. The Balaban J connectivity index is 2.59. The van der Waals surface area contributed by atoms with Crippen LogP contribution in [0.2, 0.25) is 0 Å². The molecule has 1 aliphatic carbocycles. The number of hydrogen-bond acceptors (Lipinski definition) is 3. The lowest BCUT2D eigenvalue weighted by molar-refractivity contribution is 0.0885. The molecule has 0 aliphatic heterocycles. The summed E-state index contributed by atoms with van der Waals surface area (Å²) in [7, 11) is 0. The Labute approximate surface area is 126 Å². The molecule has 1 rings (SSSR count). The molecule has 0 aromatic rings. The molecule has 0 radical (unpaired) electrons. The number of hydrogen-bond donors (Lipinski definition) is 2. The average molecular weight is 284 g/mol. The lowest BCUT2D eigenvalue weighted by Crippen LogP contribution is -2.52. The fourth-order valence-corrected chi connectivity index (χ4v) is 3.11. The minimum Gasteiger partial charge on any atom is -0.394 e. The molecule has 0 aromatic carbocycles. The van der Waals surface area contributed by atoms with E-state index in [1.165, 1.54) is 38.6 Å². The van der Waals surface area contributed by atoms with Crippen molar-refractivity contribution in [3.63, 3.8) is 0 Å². The van der Waals surface area contributed by atoms with E-state index in [4.69, 9.17) is 0 Å². The zero-order chi connectivity index (χ0) is 15.2. The van der Waals surface area contributed by atoms with Crippen LogP contribution in [0.1, 0.15) is 73.1 Å². The summed E-state index contributed by atoms with van der Waals surface area (Å²) in [5.74, 6) is 0. The SMILES string of the molecule is CCCCN(C(C)CC)C(C)CC(C)(CO)NC1CC1. The number of aliphatic hydroxyl groups is 1. The third-order valence-corrected chi connectivity index (χ3v) is 4.72. The van der Waals surface area contributed by atoms with Crippen molar-refractivity contribution >= 4 is 0 Å². The van der Waals surface area contributed by atoms with E-state index in [1.807, 2.05) is 0 Å². The monoisotopic (exact) mass is 284 g/mol. The van der Waals surface area contributed by atoms with Crippen molar-refractivity contribution < 1.29 is 5.11 Å². The lowest BCUT2D eigenvalue weighted by atomic mass is 9.92. The summed E-state index contributed by atoms with van der Waals surface area (Å²) >= 11 is 0. The summed E-state index contributed by atoms with van der Waals surface area (Å²) in [5.41, 5.74) is -0.126. The molecule has 0 amide bonds. The maximum Gasteiger partial charge on any atom is 0.0611 e. The van der Waals surface area contributed by atoms with Crippen LogP contribution < -0.4 is 5.32 Å². The molecule has 3 unspecified atom stereocenters. The van der Waals surface area contributed by atoms with E-state index in [9.17, 15) is 5.11 Å². The maximum atomic E-state index is 9.78. The van der Waals surface area contributed by atoms with Crippen LogP contribution in [0.25, 0.3) is 0 Å². The van der Waals surface area contributed by atoms with Crippen molar-refractivity contribution in [2.24, 2.45) is 0 Å². The van der Waals surface area contributed by atoms with Crippen molar-refractivity contribution in [2.75, 3.05) is 13.2 Å². The van der Waals surface area contributed by atoms with Crippen LogP contribution in [0.3, 0.4) is 0 Å². The Morgan fingerprint density at radius 3 is 2.35 bits per heavy atom. The van der Waals surface area contributed by atoms with Gasteiger partial charge >= 0.3 is 0 Å². The molecule has 120 valence electrons. The Morgan fingerprint density at radius 2 is 1.90 bits per heavy atom. The van der Waals surface area contributed by atoms with Crippen LogP contribution in [0.4, 0.5) is 0 Å². The fraction of sp³-hybridized carbons (Fsp3) is 1.00. The minimum absolute atomic E-state index is 0.126. The standard InChI is InChI=1S/C17H36N2O/c1-6-8-11-19(14(3)7-2)15(4)12-17(5,13-20)18-16-9-10-16/h14-16,18,20H,6-13H2,1-5H3. The van der Waals surface area contributed by atoms with Crippen LogP contribution >= 0.6 is 0 Å². The van der Waals surface area contributed by atoms with E-state index in [0.717, 1.165) is 6.42 Å². The van der Waals surface area contributed by atoms with Gasteiger partial charge in [0.15, 0.2) is 0 Å². The van der Waals surface area contributed by atoms with Gasteiger partial charge < -0.3 is 10.4 Å². The van der Waals surface area contributed by atoms with Gasteiger partial charge in [-0.05, 0) is 59.4 Å². The second-order valence-corrected chi connectivity index (χ2v) is 7.04. The minimum atomic E-state index is -0.126. The smallest absolute Gasteiger partial charge is 0.0611 e. The fourth-order valence-electron chi connectivity index (χ4n) is 3.11. The van der Waals surface area contributed by atoms with Crippen molar-refractivity contribution in [3.05, 3.63) is 0 Å². The van der Waals surface area contributed by atoms with Gasteiger partial charge in [-0.2, -0.15) is 0 Å². The van der Waals surface area contributed by atoms with Gasteiger partial charge in [0.25, 0.3) is 0 Å². The van der Waals surface area contributed by atoms with E-state index in [-0.39, 0.29) is 12.1 Å². The van der Waals surface area contributed by atoms with Crippen LogP contribution in [-0.2, 0) is 0 Å². The van der Waals surface area contributed by atoms with Crippen molar-refractivity contribution in [1.82, 2.24) is 10.2 Å². The Hall–Kier alpha value is -0.120. The molecule has 1 fully saturated rings. The highest BCUT2D eigenvalue weighted by atomic mass is 16.3. The van der Waals surface area contributed by atoms with E-state index in [0.29, 0.717) is 18.1 Å². The first-order valence-corrected chi connectivity index (χ1v) is 8.60. The number of nitrogens with one attached hydrogen (secondary N) is 1. The van der Waals surface area contributed by atoms with Gasteiger partial charge in [-0.15, -0.1) is 0 Å². The Kier molecular flexibility index (Phi) is 7.49. The molecule has 1 aliphatic rings. The van der Waals surface area contributed by atoms with Gasteiger partial charge in [0.1, 0.15) is 0 Å². The third kappa shape index (κ3) is 5.71. The molecule has 20 heavy (non-hydrogen) atoms. The number of aliphatic hydroxyl groups excluding tert-OH is 1. The average Bonchev–Trinajstić information content (AvgIpc) is 3.22. The van der Waals surface area contributed by atoms with Gasteiger partial charge in [-0.1, -0.05) is 20.3 Å². The summed E-state index contributed by atoms with van der Waals surface area (Å²) in [6.07, 6.45) is 7.27. The first-order valence-electron chi connectivity index (χ1n) is 8.60. The van der Waals surface area contributed by atoms with E-state index < -0.39 is 0 Å². The summed E-state index contributed by atoms with van der Waals surface area (Å²) in [6.45, 7) is 12.8. The molecule has 0 heterocycles. The molecule has 3 nitrogen and oxygen atoms in total. The van der Waals surface area contributed by atoms with Crippen molar-refractivity contribution in [2.45, 2.75) is 96.8 Å². The summed E-state index contributed by atoms with van der Waals surface area (Å²) < 4.78 is 0. The first kappa shape index (κ1) is 17.9. The second kappa shape index (κ2) is 8.35. The normalized spacial score (nSPS) is 21.8. The molecule has 0 aromatic heterocycles. The molecule has 0 saturated heterocycles. The molecule has 1 saturated carbocycles. The highest BCUT2D eigenvalue weighted by molar-refractivity contribution is 4.94. The van der Waals surface area contributed by atoms with E-state index in [1.54, 1.807) is 0 Å². The Bertz CT molecular complexity index is 268. The van der Waals surface area contributed by atoms with Gasteiger partial charge in [0, 0.05) is 23.7 Å². The topological polar surface area (TPSA) is 35.5 Å². The van der Waals surface area contributed by atoms with Crippen molar-refractivity contribution in [3.8, 4) is 0 Å². The summed E-state index contributed by atoms with van der Waals surface area (Å²) in [6, 6.07) is 1.78. The highest BCUT2D eigenvalue weighted by Crippen LogP contribution is 2.26. The van der Waals surface area contributed by atoms with Gasteiger partial charge in [0.05, 0.1) is 6.61 Å². The number of nitrogens with zero attached hydrogens (tertiary/aromatic N) is 1. The summed E-state index contributed by atoms with van der Waals surface area (Å²) in [5, 5.41) is 13.4. The lowest BCUT2D eigenvalue weighted by Gasteiger charge is -2.39. The highest BCUT2D eigenvalue weighted by Gasteiger charge is 2.34. The number of unbranched alkanes of at least 4 members (excludes halogenated alkanes) is 1. The second-order valence-electron chi connectivity index (χ2n) is 7.04. The van der Waals surface area contributed by atoms with Gasteiger partial charge in [-0.3, -0.25) is 4.90 Å². The first-order chi connectivity index (χ1) is 9.45. The summed E-state index contributed by atoms with van der Waals surface area (Å²) in [4.78, 5) is 2.63. The molecule has 2 N–H and O–H groups in total. The Morgan fingerprint density at radius 1 is 1.25 bits per heavy atom. The predicted molar refractivity (Wildman–Crippen MR) is 87.1 cm³/mol. The maximum absolute atomic E-state index is 9.78. The van der Waals surface area contributed by atoms with Gasteiger partial charge in [0.2, 0.25) is 0 Å².